The predicted octanol–water partition coefficient (Wildman–Crippen LogP) is 2.84. The zero-order chi connectivity index (χ0) is 22.8. The van der Waals surface area contributed by atoms with Crippen molar-refractivity contribution in [1.29, 1.82) is 0 Å². The van der Waals surface area contributed by atoms with Crippen molar-refractivity contribution in [1.82, 2.24) is 24.5 Å². The Morgan fingerprint density at radius 3 is 2.81 bits per heavy atom. The normalized spacial score (nSPS) is 12.5. The van der Waals surface area contributed by atoms with E-state index in [1.54, 1.807) is 0 Å². The van der Waals surface area contributed by atoms with E-state index in [0.29, 0.717) is 23.4 Å². The van der Waals surface area contributed by atoms with Gasteiger partial charge in [-0.3, -0.25) is 23.9 Å². The number of nitro benzene ring substituents is 1. The van der Waals surface area contributed by atoms with Gasteiger partial charge in [-0.15, -0.1) is 10.2 Å². The number of oxazole rings is 1. The zero-order valence-corrected chi connectivity index (χ0v) is 17.6. The molecule has 0 bridgehead atoms. The van der Waals surface area contributed by atoms with E-state index in [-0.39, 0.29) is 42.1 Å². The molecule has 1 N–H and O–H groups in total. The molecule has 0 aliphatic heterocycles. The molecule has 166 valence electrons. The molecule has 0 unspecified atom stereocenters. The summed E-state index contributed by atoms with van der Waals surface area (Å²) in [5.74, 6) is -0.0471. The molecule has 0 aliphatic carbocycles. The second kappa shape index (κ2) is 8.61. The Morgan fingerprint density at radius 2 is 2.06 bits per heavy atom. The topological polar surface area (TPSA) is 138 Å². The molecule has 3 heterocycles. The average molecular weight is 438 g/mol. The minimum Gasteiger partial charge on any atom is -0.407 e. The van der Waals surface area contributed by atoms with Crippen LogP contribution in [0.1, 0.15) is 38.6 Å². The number of pyridine rings is 1. The third-order valence-corrected chi connectivity index (χ3v) is 5.25. The number of carbonyl (C=O) groups excluding carboxylic acids is 1. The van der Waals surface area contributed by atoms with E-state index >= 15 is 0 Å². The van der Waals surface area contributed by atoms with E-state index in [2.05, 4.69) is 15.5 Å². The number of carbonyl (C=O) groups is 1. The lowest BCUT2D eigenvalue weighted by molar-refractivity contribution is -0.384. The van der Waals surface area contributed by atoms with Crippen LogP contribution in [0.15, 0.2) is 51.8 Å². The summed E-state index contributed by atoms with van der Waals surface area (Å²) in [6, 6.07) is 9.28. The molecule has 1 amide bonds. The number of hydrogen-bond donors (Lipinski definition) is 1. The van der Waals surface area contributed by atoms with Gasteiger partial charge in [0.1, 0.15) is 0 Å². The molecule has 3 aromatic heterocycles. The number of nitrogens with zero attached hydrogens (tertiary/aromatic N) is 5. The fourth-order valence-electron chi connectivity index (χ4n) is 3.63. The monoisotopic (exact) mass is 438 g/mol. The quantitative estimate of drug-likeness (QED) is 0.330. The van der Waals surface area contributed by atoms with Gasteiger partial charge in [-0.05, 0) is 30.5 Å². The molecule has 0 saturated carbocycles. The second-order valence-corrected chi connectivity index (χ2v) is 7.81. The van der Waals surface area contributed by atoms with Gasteiger partial charge >= 0.3 is 5.76 Å². The number of nitro groups is 1. The second-order valence-electron chi connectivity index (χ2n) is 7.81. The molecule has 4 rings (SSSR count). The van der Waals surface area contributed by atoms with E-state index in [4.69, 9.17) is 4.42 Å². The lowest BCUT2D eigenvalue weighted by Gasteiger charge is -2.21. The Balaban J connectivity index is 1.43. The smallest absolute Gasteiger partial charge is 0.407 e. The Kier molecular flexibility index (Phi) is 5.71. The van der Waals surface area contributed by atoms with E-state index in [0.717, 1.165) is 0 Å². The van der Waals surface area contributed by atoms with E-state index in [9.17, 15) is 19.7 Å². The zero-order valence-electron chi connectivity index (χ0n) is 17.6. The summed E-state index contributed by atoms with van der Waals surface area (Å²) in [5.41, 5.74) is 1.15. The molecular weight excluding hydrogens is 416 g/mol. The van der Waals surface area contributed by atoms with Crippen molar-refractivity contribution >= 4 is 28.3 Å². The number of nitrogens with one attached hydrogen (secondary N) is 1. The van der Waals surface area contributed by atoms with E-state index < -0.39 is 10.7 Å². The molecule has 0 saturated heterocycles. The maximum Gasteiger partial charge on any atom is 0.419 e. The van der Waals surface area contributed by atoms with Gasteiger partial charge < -0.3 is 9.73 Å². The molecule has 32 heavy (non-hydrogen) atoms. The largest absolute Gasteiger partial charge is 0.419 e. The van der Waals surface area contributed by atoms with E-state index in [1.807, 2.05) is 42.6 Å². The van der Waals surface area contributed by atoms with Crippen molar-refractivity contribution in [2.24, 2.45) is 5.92 Å². The predicted molar refractivity (Wildman–Crippen MR) is 115 cm³/mol. The molecule has 0 fully saturated rings. The van der Waals surface area contributed by atoms with Crippen LogP contribution in [0.2, 0.25) is 0 Å². The first-order valence-electron chi connectivity index (χ1n) is 10.2. The standard InChI is InChI=1S/C21H22N6O5/c1-13(2)19(20-24-23-17-6-3-4-10-26(17)20)22-18(28)7-5-11-25-15-9-8-14(27(30)31)12-16(15)32-21(25)29/h3-4,6,8-10,12-13,19H,5,7,11H2,1-2H3,(H,22,28)/t19-/m0/s1. The summed E-state index contributed by atoms with van der Waals surface area (Å²) in [5, 5.41) is 22.3. The summed E-state index contributed by atoms with van der Waals surface area (Å²) < 4.78 is 8.34. The third kappa shape index (κ3) is 4.09. The van der Waals surface area contributed by atoms with Crippen LogP contribution in [0.4, 0.5) is 5.69 Å². The van der Waals surface area contributed by atoms with Crippen LogP contribution in [0.5, 0.6) is 0 Å². The number of aromatic nitrogens is 4. The molecule has 0 spiro atoms. The molecule has 11 nitrogen and oxygen atoms in total. The van der Waals surface area contributed by atoms with E-state index in [1.165, 1.54) is 22.8 Å². The van der Waals surface area contributed by atoms with Gasteiger partial charge in [0, 0.05) is 25.2 Å². The molecule has 1 atom stereocenters. The Labute approximate surface area is 181 Å². The first kappa shape index (κ1) is 21.2. The highest BCUT2D eigenvalue weighted by Gasteiger charge is 2.23. The van der Waals surface area contributed by atoms with Gasteiger partial charge in [0.05, 0.1) is 22.5 Å². The first-order valence-corrected chi connectivity index (χ1v) is 10.2. The van der Waals surface area contributed by atoms with Crippen molar-refractivity contribution in [3.63, 3.8) is 0 Å². The number of fused-ring (bicyclic) bond motifs is 2. The lowest BCUT2D eigenvalue weighted by Crippen LogP contribution is -2.33. The fraction of sp³-hybridized carbons (Fsp3) is 0.333. The van der Waals surface area contributed by atoms with Crippen molar-refractivity contribution in [3.05, 3.63) is 69.1 Å². The number of hydrogen-bond acceptors (Lipinski definition) is 7. The Bertz CT molecular complexity index is 1350. The van der Waals surface area contributed by atoms with Gasteiger partial charge in [-0.25, -0.2) is 4.79 Å². The first-order chi connectivity index (χ1) is 15.3. The fourth-order valence-corrected chi connectivity index (χ4v) is 3.63. The summed E-state index contributed by atoms with van der Waals surface area (Å²) in [6.07, 6.45) is 2.43. The highest BCUT2D eigenvalue weighted by atomic mass is 16.6. The summed E-state index contributed by atoms with van der Waals surface area (Å²) in [7, 11) is 0. The van der Waals surface area contributed by atoms with Crippen LogP contribution in [0, 0.1) is 16.0 Å². The molecule has 11 heteroatoms. The molecular formula is C21H22N6O5. The van der Waals surface area contributed by atoms with Gasteiger partial charge in [-0.1, -0.05) is 19.9 Å². The minimum atomic E-state index is -0.615. The van der Waals surface area contributed by atoms with Gasteiger partial charge in [-0.2, -0.15) is 0 Å². The van der Waals surface area contributed by atoms with Gasteiger partial charge in [0.2, 0.25) is 5.91 Å². The lowest BCUT2D eigenvalue weighted by atomic mass is 10.0. The maximum absolute atomic E-state index is 12.6. The van der Waals surface area contributed by atoms with Crippen LogP contribution >= 0.6 is 0 Å². The number of benzene rings is 1. The van der Waals surface area contributed by atoms with Crippen molar-refractivity contribution < 1.29 is 14.1 Å². The number of aryl methyl sites for hydroxylation is 1. The Morgan fingerprint density at radius 1 is 1.25 bits per heavy atom. The van der Waals surface area contributed by atoms with Gasteiger partial charge in [0.15, 0.2) is 17.1 Å². The highest BCUT2D eigenvalue weighted by Crippen LogP contribution is 2.22. The SMILES string of the molecule is CC(C)[C@H](NC(=O)CCCn1c(=O)oc2cc([N+](=O)[O-])ccc21)c1nnc2ccccn12. The van der Waals surface area contributed by atoms with Crippen LogP contribution in [0.3, 0.4) is 0 Å². The molecule has 4 aromatic rings. The van der Waals surface area contributed by atoms with Crippen LogP contribution < -0.4 is 11.1 Å². The van der Waals surface area contributed by atoms with Crippen molar-refractivity contribution in [2.75, 3.05) is 0 Å². The summed E-state index contributed by atoms with van der Waals surface area (Å²) in [4.78, 5) is 35.1. The van der Waals surface area contributed by atoms with Crippen molar-refractivity contribution in [3.8, 4) is 0 Å². The highest BCUT2D eigenvalue weighted by molar-refractivity contribution is 5.77. The van der Waals surface area contributed by atoms with Crippen LogP contribution in [-0.2, 0) is 11.3 Å². The minimum absolute atomic E-state index is 0.0859. The molecule has 0 radical (unpaired) electrons. The molecule has 1 aromatic carbocycles. The average Bonchev–Trinajstić information content (AvgIpc) is 3.32. The van der Waals surface area contributed by atoms with Crippen LogP contribution in [-0.4, -0.2) is 30.0 Å². The van der Waals surface area contributed by atoms with Gasteiger partial charge in [0.25, 0.3) is 5.69 Å². The summed E-state index contributed by atoms with van der Waals surface area (Å²) in [6.45, 7) is 4.23. The number of non-ortho nitro benzene ring substituents is 1. The summed E-state index contributed by atoms with van der Waals surface area (Å²) >= 11 is 0. The maximum atomic E-state index is 12.6. The Hall–Kier alpha value is -4.02. The molecule has 0 aliphatic rings. The van der Waals surface area contributed by atoms with Crippen LogP contribution in [0.25, 0.3) is 16.7 Å². The third-order valence-electron chi connectivity index (χ3n) is 5.25. The number of amides is 1. The van der Waals surface area contributed by atoms with Crippen molar-refractivity contribution in [2.45, 2.75) is 39.3 Å². The number of rotatable bonds is 8.